The van der Waals surface area contributed by atoms with Gasteiger partial charge in [-0.1, -0.05) is 20.3 Å². The smallest absolute Gasteiger partial charge is 0.316 e. The van der Waals surface area contributed by atoms with Crippen LogP contribution in [0.2, 0.25) is 0 Å². The third-order valence-corrected chi connectivity index (χ3v) is 3.47. The molecule has 6 nitrogen and oxygen atoms in total. The first-order chi connectivity index (χ1) is 8.43. The topological polar surface area (TPSA) is 101 Å². The van der Waals surface area contributed by atoms with Crippen molar-refractivity contribution in [1.82, 2.24) is 4.90 Å². The number of carbonyl (C=O) groups excluding carboxylic acids is 2. The standard InChI is InChI=1S/C12H20N2O4/c1-3-5-7-6-14(8(4-2)10(13)15)11(16)9(7)12(17)18/h7-9H,3-6H2,1-2H3,(H2,13,15)(H,17,18)/t7?,8-,9+/m1/s1. The van der Waals surface area contributed by atoms with Crippen LogP contribution in [-0.4, -0.2) is 40.4 Å². The van der Waals surface area contributed by atoms with Crippen molar-refractivity contribution in [1.29, 1.82) is 0 Å². The van der Waals surface area contributed by atoms with E-state index in [-0.39, 0.29) is 5.92 Å². The fourth-order valence-electron chi connectivity index (χ4n) is 2.62. The van der Waals surface area contributed by atoms with E-state index < -0.39 is 29.7 Å². The monoisotopic (exact) mass is 256 g/mol. The number of carboxylic acid groups (broad SMARTS) is 1. The lowest BCUT2D eigenvalue weighted by Gasteiger charge is -2.24. The summed E-state index contributed by atoms with van der Waals surface area (Å²) in [4.78, 5) is 35.9. The van der Waals surface area contributed by atoms with Gasteiger partial charge in [-0.3, -0.25) is 14.4 Å². The zero-order valence-electron chi connectivity index (χ0n) is 10.8. The molecule has 1 unspecified atom stereocenters. The van der Waals surface area contributed by atoms with Gasteiger partial charge in [0.25, 0.3) is 0 Å². The molecule has 0 aromatic heterocycles. The van der Waals surface area contributed by atoms with Crippen LogP contribution in [0.25, 0.3) is 0 Å². The Bertz CT molecular complexity index is 356. The van der Waals surface area contributed by atoms with Gasteiger partial charge >= 0.3 is 5.97 Å². The molecule has 1 aliphatic heterocycles. The predicted molar refractivity (Wildman–Crippen MR) is 64.5 cm³/mol. The van der Waals surface area contributed by atoms with Crippen LogP contribution in [0, 0.1) is 11.8 Å². The first-order valence-electron chi connectivity index (χ1n) is 6.26. The van der Waals surface area contributed by atoms with Crippen molar-refractivity contribution in [2.45, 2.75) is 39.2 Å². The molecule has 0 aromatic rings. The van der Waals surface area contributed by atoms with Gasteiger partial charge in [0.1, 0.15) is 12.0 Å². The van der Waals surface area contributed by atoms with E-state index in [0.717, 1.165) is 6.42 Å². The minimum absolute atomic E-state index is 0.228. The molecule has 0 aromatic carbocycles. The fraction of sp³-hybridized carbons (Fsp3) is 0.750. The minimum Gasteiger partial charge on any atom is -0.481 e. The molecular weight excluding hydrogens is 236 g/mol. The van der Waals surface area contributed by atoms with Gasteiger partial charge in [-0.15, -0.1) is 0 Å². The number of hydrogen-bond acceptors (Lipinski definition) is 3. The number of nitrogens with zero attached hydrogens (tertiary/aromatic N) is 1. The highest BCUT2D eigenvalue weighted by Gasteiger charge is 2.47. The summed E-state index contributed by atoms with van der Waals surface area (Å²) in [6.07, 6.45) is 1.88. The molecule has 1 saturated heterocycles. The molecule has 102 valence electrons. The molecule has 0 aliphatic carbocycles. The highest BCUT2D eigenvalue weighted by molar-refractivity contribution is 6.00. The van der Waals surface area contributed by atoms with E-state index in [1.165, 1.54) is 4.90 Å². The van der Waals surface area contributed by atoms with Crippen LogP contribution in [0.5, 0.6) is 0 Å². The Balaban J connectivity index is 2.94. The Morgan fingerprint density at radius 2 is 2.11 bits per heavy atom. The van der Waals surface area contributed by atoms with Crippen molar-refractivity contribution in [2.24, 2.45) is 17.6 Å². The number of amides is 2. The average molecular weight is 256 g/mol. The summed E-state index contributed by atoms with van der Waals surface area (Å²) >= 11 is 0. The van der Waals surface area contributed by atoms with Gasteiger partial charge in [0, 0.05) is 6.54 Å². The number of nitrogens with two attached hydrogens (primary N) is 1. The van der Waals surface area contributed by atoms with E-state index in [0.29, 0.717) is 19.4 Å². The summed E-state index contributed by atoms with van der Waals surface area (Å²) in [7, 11) is 0. The van der Waals surface area contributed by atoms with Crippen molar-refractivity contribution in [3.05, 3.63) is 0 Å². The molecule has 3 N–H and O–H groups in total. The van der Waals surface area contributed by atoms with Gasteiger partial charge < -0.3 is 15.7 Å². The lowest BCUT2D eigenvalue weighted by Crippen LogP contribution is -2.46. The Morgan fingerprint density at radius 1 is 1.50 bits per heavy atom. The molecule has 0 saturated carbocycles. The number of likely N-dealkylation sites (tertiary alicyclic amines) is 1. The lowest BCUT2D eigenvalue weighted by atomic mass is 9.92. The van der Waals surface area contributed by atoms with E-state index in [1.807, 2.05) is 6.92 Å². The maximum Gasteiger partial charge on any atom is 0.316 e. The first kappa shape index (κ1) is 14.5. The predicted octanol–water partition coefficient (Wildman–Crippen LogP) is 0.210. The third-order valence-electron chi connectivity index (χ3n) is 3.47. The van der Waals surface area contributed by atoms with Crippen LogP contribution >= 0.6 is 0 Å². The highest BCUT2D eigenvalue weighted by Crippen LogP contribution is 2.30. The van der Waals surface area contributed by atoms with Gasteiger partial charge in [0.05, 0.1) is 0 Å². The summed E-state index contributed by atoms with van der Waals surface area (Å²) in [5, 5.41) is 9.13. The van der Waals surface area contributed by atoms with E-state index in [2.05, 4.69) is 0 Å². The number of carboxylic acids is 1. The molecule has 1 aliphatic rings. The second kappa shape index (κ2) is 5.84. The molecule has 0 radical (unpaired) electrons. The van der Waals surface area contributed by atoms with E-state index >= 15 is 0 Å². The Kier molecular flexibility index (Phi) is 4.69. The maximum absolute atomic E-state index is 12.1. The zero-order chi connectivity index (χ0) is 13.9. The maximum atomic E-state index is 12.1. The molecule has 1 heterocycles. The molecule has 1 rings (SSSR count). The summed E-state index contributed by atoms with van der Waals surface area (Å²) in [6, 6.07) is -0.693. The van der Waals surface area contributed by atoms with E-state index in [1.54, 1.807) is 6.92 Å². The Morgan fingerprint density at radius 3 is 2.50 bits per heavy atom. The number of primary amides is 1. The largest absolute Gasteiger partial charge is 0.481 e. The van der Waals surface area contributed by atoms with Crippen LogP contribution in [0.3, 0.4) is 0 Å². The summed E-state index contributed by atoms with van der Waals surface area (Å²) in [5.74, 6) is -3.43. The first-order valence-corrected chi connectivity index (χ1v) is 6.26. The molecule has 18 heavy (non-hydrogen) atoms. The van der Waals surface area contributed by atoms with Crippen LogP contribution in [0.15, 0.2) is 0 Å². The van der Waals surface area contributed by atoms with Gasteiger partial charge in [0.15, 0.2) is 0 Å². The number of hydrogen-bond donors (Lipinski definition) is 2. The van der Waals surface area contributed by atoms with E-state index in [4.69, 9.17) is 10.8 Å². The van der Waals surface area contributed by atoms with Crippen molar-refractivity contribution in [2.75, 3.05) is 6.54 Å². The van der Waals surface area contributed by atoms with Gasteiger partial charge in [0.2, 0.25) is 11.8 Å². The average Bonchev–Trinajstić information content (AvgIpc) is 2.57. The molecule has 0 spiro atoms. The Labute approximate surface area is 106 Å². The summed E-state index contributed by atoms with van der Waals surface area (Å²) in [6.45, 7) is 4.01. The zero-order valence-corrected chi connectivity index (χ0v) is 10.8. The Hall–Kier alpha value is -1.59. The minimum atomic E-state index is -1.11. The highest BCUT2D eigenvalue weighted by atomic mass is 16.4. The van der Waals surface area contributed by atoms with Gasteiger partial charge in [-0.25, -0.2) is 0 Å². The normalized spacial score (nSPS) is 25.2. The summed E-state index contributed by atoms with van der Waals surface area (Å²) in [5.41, 5.74) is 5.25. The molecular formula is C12H20N2O4. The number of carbonyl (C=O) groups is 3. The number of rotatable bonds is 6. The molecule has 2 amide bonds. The number of aliphatic carboxylic acids is 1. The van der Waals surface area contributed by atoms with Crippen molar-refractivity contribution in [3.63, 3.8) is 0 Å². The SMILES string of the molecule is CCCC1CN([C@H](CC)C(N)=O)C(=O)[C@H]1C(=O)O. The second-order valence-corrected chi connectivity index (χ2v) is 4.68. The van der Waals surface area contributed by atoms with Gasteiger partial charge in [-0.2, -0.15) is 0 Å². The van der Waals surface area contributed by atoms with Crippen LogP contribution in [0.4, 0.5) is 0 Å². The van der Waals surface area contributed by atoms with Crippen molar-refractivity contribution >= 4 is 17.8 Å². The van der Waals surface area contributed by atoms with Crippen molar-refractivity contribution < 1.29 is 19.5 Å². The van der Waals surface area contributed by atoms with E-state index in [9.17, 15) is 14.4 Å². The summed E-state index contributed by atoms with van der Waals surface area (Å²) < 4.78 is 0. The van der Waals surface area contributed by atoms with Crippen molar-refractivity contribution in [3.8, 4) is 0 Å². The van der Waals surface area contributed by atoms with Gasteiger partial charge in [-0.05, 0) is 18.8 Å². The molecule has 6 heteroatoms. The third kappa shape index (κ3) is 2.63. The molecule has 1 fully saturated rings. The fourth-order valence-corrected chi connectivity index (χ4v) is 2.62. The quantitative estimate of drug-likeness (QED) is 0.663. The van der Waals surface area contributed by atoms with Crippen LogP contribution < -0.4 is 5.73 Å². The second-order valence-electron chi connectivity index (χ2n) is 4.68. The van der Waals surface area contributed by atoms with Crippen LogP contribution in [-0.2, 0) is 14.4 Å². The molecule has 3 atom stereocenters. The van der Waals surface area contributed by atoms with Crippen LogP contribution in [0.1, 0.15) is 33.1 Å². The lowest BCUT2D eigenvalue weighted by molar-refractivity contribution is -0.150. The molecule has 0 bridgehead atoms.